The van der Waals surface area contributed by atoms with Gasteiger partial charge in [0.1, 0.15) is 10.8 Å². The van der Waals surface area contributed by atoms with E-state index in [2.05, 4.69) is 28.5 Å². The van der Waals surface area contributed by atoms with Crippen molar-refractivity contribution in [2.24, 2.45) is 5.41 Å². The Hall–Kier alpha value is -1.66. The second-order valence-electron chi connectivity index (χ2n) is 5.85. The van der Waals surface area contributed by atoms with Crippen molar-refractivity contribution in [1.29, 1.82) is 0 Å². The van der Waals surface area contributed by atoms with Gasteiger partial charge in [0.05, 0.1) is 5.56 Å². The SMILES string of the molecule is CC(C)(CCCO)CNc1snc(N)c1-c1ccncc1. The Balaban J connectivity index is 2.12. The summed E-state index contributed by atoms with van der Waals surface area (Å²) in [5.41, 5.74) is 8.07. The third-order valence-electron chi connectivity index (χ3n) is 3.43. The molecule has 0 saturated heterocycles. The normalized spacial score (nSPS) is 11.6. The van der Waals surface area contributed by atoms with Crippen LogP contribution in [0.25, 0.3) is 11.1 Å². The average Bonchev–Trinajstić information content (AvgIpc) is 2.85. The van der Waals surface area contributed by atoms with Gasteiger partial charge in [0.15, 0.2) is 0 Å². The molecule has 0 radical (unpaired) electrons. The van der Waals surface area contributed by atoms with E-state index in [1.165, 1.54) is 11.5 Å². The Kier molecular flexibility index (Phi) is 5.14. The number of nitrogen functional groups attached to an aromatic ring is 1. The third-order valence-corrected chi connectivity index (χ3v) is 4.25. The first-order valence-electron chi connectivity index (χ1n) is 7.04. The summed E-state index contributed by atoms with van der Waals surface area (Å²) in [7, 11) is 0. The van der Waals surface area contributed by atoms with Crippen LogP contribution in [0.2, 0.25) is 0 Å². The maximum atomic E-state index is 8.96. The van der Waals surface area contributed by atoms with Gasteiger partial charge >= 0.3 is 0 Å². The van der Waals surface area contributed by atoms with Gasteiger partial charge in [0.25, 0.3) is 0 Å². The first-order valence-corrected chi connectivity index (χ1v) is 7.81. The van der Waals surface area contributed by atoms with Crippen molar-refractivity contribution in [3.05, 3.63) is 24.5 Å². The summed E-state index contributed by atoms with van der Waals surface area (Å²) < 4.78 is 4.25. The van der Waals surface area contributed by atoms with E-state index in [0.29, 0.717) is 5.82 Å². The molecule has 6 heteroatoms. The van der Waals surface area contributed by atoms with E-state index in [-0.39, 0.29) is 12.0 Å². The summed E-state index contributed by atoms with van der Waals surface area (Å²) in [6.45, 7) is 5.42. The molecule has 0 aliphatic rings. The lowest BCUT2D eigenvalue weighted by Gasteiger charge is -2.25. The molecule has 21 heavy (non-hydrogen) atoms. The van der Waals surface area contributed by atoms with Crippen LogP contribution in [0.1, 0.15) is 26.7 Å². The van der Waals surface area contributed by atoms with Crippen LogP contribution in [0.3, 0.4) is 0 Å². The molecule has 0 bridgehead atoms. The Morgan fingerprint density at radius 2 is 2.05 bits per heavy atom. The summed E-state index contributed by atoms with van der Waals surface area (Å²) in [6, 6.07) is 3.87. The number of pyridine rings is 1. The summed E-state index contributed by atoms with van der Waals surface area (Å²) in [5, 5.41) is 13.4. The highest BCUT2D eigenvalue weighted by Gasteiger charge is 2.20. The molecule has 0 spiro atoms. The van der Waals surface area contributed by atoms with Gasteiger partial charge in [-0.3, -0.25) is 4.98 Å². The van der Waals surface area contributed by atoms with Crippen molar-refractivity contribution < 1.29 is 5.11 Å². The Labute approximate surface area is 129 Å². The minimum absolute atomic E-state index is 0.108. The van der Waals surface area contributed by atoms with Crippen molar-refractivity contribution in [2.75, 3.05) is 24.2 Å². The largest absolute Gasteiger partial charge is 0.396 e. The van der Waals surface area contributed by atoms with Gasteiger partial charge in [-0.1, -0.05) is 13.8 Å². The van der Waals surface area contributed by atoms with Crippen molar-refractivity contribution >= 4 is 22.4 Å². The first-order chi connectivity index (χ1) is 10.0. The van der Waals surface area contributed by atoms with Crippen molar-refractivity contribution in [2.45, 2.75) is 26.7 Å². The van der Waals surface area contributed by atoms with Crippen LogP contribution < -0.4 is 11.1 Å². The molecule has 0 aliphatic heterocycles. The Bertz CT molecular complexity index is 568. The lowest BCUT2D eigenvalue weighted by atomic mass is 9.88. The fourth-order valence-corrected chi connectivity index (χ4v) is 2.92. The zero-order valence-corrected chi connectivity index (χ0v) is 13.3. The number of rotatable bonds is 7. The number of aromatic nitrogens is 2. The fraction of sp³-hybridized carbons (Fsp3) is 0.467. The molecular formula is C15H22N4OS. The molecule has 2 aromatic rings. The molecule has 0 amide bonds. The van der Waals surface area contributed by atoms with Crippen LogP contribution in [0.5, 0.6) is 0 Å². The van der Waals surface area contributed by atoms with E-state index in [1.54, 1.807) is 12.4 Å². The number of aliphatic hydroxyl groups is 1. The zero-order chi connectivity index (χ0) is 15.3. The van der Waals surface area contributed by atoms with E-state index in [9.17, 15) is 0 Å². The molecule has 0 saturated carbocycles. The van der Waals surface area contributed by atoms with E-state index in [4.69, 9.17) is 10.8 Å². The van der Waals surface area contributed by atoms with Crippen molar-refractivity contribution in [3.8, 4) is 11.1 Å². The predicted octanol–water partition coefficient (Wildman–Crippen LogP) is 3.00. The van der Waals surface area contributed by atoms with E-state index >= 15 is 0 Å². The standard InChI is InChI=1S/C15H22N4OS/c1-15(2,6-3-9-20)10-18-14-12(13(16)19-21-14)11-4-7-17-8-5-11/h4-5,7-8,18,20H,3,6,9-10H2,1-2H3,(H2,16,19). The maximum Gasteiger partial charge on any atom is 0.147 e. The Morgan fingerprint density at radius 3 is 2.71 bits per heavy atom. The first kappa shape index (κ1) is 15.7. The molecule has 5 nitrogen and oxygen atoms in total. The van der Waals surface area contributed by atoms with Crippen LogP contribution in [-0.2, 0) is 0 Å². The van der Waals surface area contributed by atoms with Crippen LogP contribution in [0.15, 0.2) is 24.5 Å². The molecule has 114 valence electrons. The summed E-state index contributed by atoms with van der Waals surface area (Å²) in [5.74, 6) is 0.543. The number of aliphatic hydroxyl groups excluding tert-OH is 1. The van der Waals surface area contributed by atoms with Gasteiger partial charge in [0, 0.05) is 25.5 Å². The van der Waals surface area contributed by atoms with Crippen LogP contribution in [0.4, 0.5) is 10.8 Å². The van der Waals surface area contributed by atoms with Crippen molar-refractivity contribution in [1.82, 2.24) is 9.36 Å². The number of hydrogen-bond donors (Lipinski definition) is 3. The molecule has 0 atom stereocenters. The molecule has 0 aliphatic carbocycles. The van der Waals surface area contributed by atoms with Gasteiger partial charge in [-0.25, -0.2) is 0 Å². The molecule has 2 heterocycles. The molecular weight excluding hydrogens is 284 g/mol. The topological polar surface area (TPSA) is 84.1 Å². The smallest absolute Gasteiger partial charge is 0.147 e. The fourth-order valence-electron chi connectivity index (χ4n) is 2.19. The lowest BCUT2D eigenvalue weighted by Crippen LogP contribution is -2.23. The molecule has 2 aromatic heterocycles. The number of nitrogens with one attached hydrogen (secondary N) is 1. The minimum Gasteiger partial charge on any atom is -0.396 e. The lowest BCUT2D eigenvalue weighted by molar-refractivity contribution is 0.248. The van der Waals surface area contributed by atoms with E-state index in [0.717, 1.165) is 35.5 Å². The quantitative estimate of drug-likeness (QED) is 0.732. The molecule has 0 fully saturated rings. The summed E-state index contributed by atoms with van der Waals surface area (Å²) in [4.78, 5) is 4.03. The second-order valence-corrected chi connectivity index (χ2v) is 6.63. The highest BCUT2D eigenvalue weighted by Crippen LogP contribution is 2.37. The van der Waals surface area contributed by atoms with Gasteiger partial charge in [-0.15, -0.1) is 0 Å². The van der Waals surface area contributed by atoms with E-state index in [1.807, 2.05) is 12.1 Å². The van der Waals surface area contributed by atoms with Crippen LogP contribution in [0, 0.1) is 5.41 Å². The average molecular weight is 306 g/mol. The van der Waals surface area contributed by atoms with Gasteiger partial charge in [-0.2, -0.15) is 4.37 Å². The minimum atomic E-state index is 0.108. The number of hydrogen-bond acceptors (Lipinski definition) is 6. The zero-order valence-electron chi connectivity index (χ0n) is 12.5. The Morgan fingerprint density at radius 1 is 1.33 bits per heavy atom. The number of anilines is 2. The molecule has 0 unspecified atom stereocenters. The highest BCUT2D eigenvalue weighted by molar-refractivity contribution is 7.11. The van der Waals surface area contributed by atoms with Gasteiger partial charge in [0.2, 0.25) is 0 Å². The third kappa shape index (κ3) is 4.15. The van der Waals surface area contributed by atoms with Crippen LogP contribution >= 0.6 is 11.5 Å². The highest BCUT2D eigenvalue weighted by atomic mass is 32.1. The predicted molar refractivity (Wildman–Crippen MR) is 88.3 cm³/mol. The maximum absolute atomic E-state index is 8.96. The molecule has 0 aromatic carbocycles. The number of nitrogens with two attached hydrogens (primary N) is 1. The van der Waals surface area contributed by atoms with E-state index < -0.39 is 0 Å². The number of nitrogens with zero attached hydrogens (tertiary/aromatic N) is 2. The van der Waals surface area contributed by atoms with Gasteiger partial charge in [-0.05, 0) is 47.5 Å². The van der Waals surface area contributed by atoms with Crippen LogP contribution in [-0.4, -0.2) is 27.6 Å². The molecule has 4 N–H and O–H groups in total. The summed E-state index contributed by atoms with van der Waals surface area (Å²) >= 11 is 1.38. The monoisotopic (exact) mass is 306 g/mol. The van der Waals surface area contributed by atoms with Crippen molar-refractivity contribution in [3.63, 3.8) is 0 Å². The van der Waals surface area contributed by atoms with Gasteiger partial charge < -0.3 is 16.2 Å². The molecule has 2 rings (SSSR count). The second kappa shape index (κ2) is 6.87. The summed E-state index contributed by atoms with van der Waals surface area (Å²) in [6.07, 6.45) is 5.29.